The first-order chi connectivity index (χ1) is 10.7. The van der Waals surface area contributed by atoms with Gasteiger partial charge in [-0.3, -0.25) is 4.79 Å². The molecule has 7 nitrogen and oxygen atoms in total. The molecule has 2 aromatic heterocycles. The Morgan fingerprint density at radius 2 is 2.23 bits per heavy atom. The fourth-order valence-corrected chi connectivity index (χ4v) is 2.56. The number of nitrogens with one attached hydrogen (secondary N) is 1. The van der Waals surface area contributed by atoms with Crippen molar-refractivity contribution in [2.24, 2.45) is 0 Å². The smallest absolute Gasteiger partial charge is 0.244 e. The van der Waals surface area contributed by atoms with Crippen LogP contribution in [0.15, 0.2) is 31.0 Å². The lowest BCUT2D eigenvalue weighted by atomic mass is 10.2. The third-order valence-electron chi connectivity index (χ3n) is 3.92. The van der Waals surface area contributed by atoms with Gasteiger partial charge in [-0.1, -0.05) is 0 Å². The number of carbonyl (C=O) groups is 1. The number of amides is 1. The number of hydrogen-bond donors (Lipinski definition) is 1. The molecule has 0 saturated carbocycles. The molecule has 0 aliphatic carbocycles. The number of rotatable bonds is 5. The Balaban J connectivity index is 1.59. The summed E-state index contributed by atoms with van der Waals surface area (Å²) in [6.07, 6.45) is 7.21. The number of nitrogens with zero attached hydrogens (tertiary/aromatic N) is 5. The van der Waals surface area contributed by atoms with Crippen molar-refractivity contribution >= 4 is 11.7 Å². The van der Waals surface area contributed by atoms with Crippen molar-refractivity contribution in [3.05, 3.63) is 36.5 Å². The van der Waals surface area contributed by atoms with E-state index in [1.807, 2.05) is 12.1 Å². The molecule has 1 aliphatic heterocycles. The maximum atomic E-state index is 12.1. The van der Waals surface area contributed by atoms with Gasteiger partial charge in [-0.25, -0.2) is 14.6 Å². The van der Waals surface area contributed by atoms with Crippen LogP contribution in [0, 0.1) is 0 Å². The van der Waals surface area contributed by atoms with Gasteiger partial charge in [0.25, 0.3) is 0 Å². The lowest BCUT2D eigenvalue weighted by molar-refractivity contribution is -0.124. The second-order valence-corrected chi connectivity index (χ2v) is 5.49. The summed E-state index contributed by atoms with van der Waals surface area (Å²) in [5.74, 6) is 0.915. The van der Waals surface area contributed by atoms with E-state index in [0.717, 1.165) is 24.5 Å². The summed E-state index contributed by atoms with van der Waals surface area (Å²) in [4.78, 5) is 22.7. The van der Waals surface area contributed by atoms with Gasteiger partial charge in [0.2, 0.25) is 5.91 Å². The van der Waals surface area contributed by atoms with E-state index >= 15 is 0 Å². The predicted molar refractivity (Wildman–Crippen MR) is 82.3 cm³/mol. The number of hydrogen-bond acceptors (Lipinski definition) is 5. The molecule has 2 aromatic rings. The van der Waals surface area contributed by atoms with Gasteiger partial charge < -0.3 is 10.2 Å². The van der Waals surface area contributed by atoms with E-state index in [-0.39, 0.29) is 11.9 Å². The van der Waals surface area contributed by atoms with Gasteiger partial charge in [0.15, 0.2) is 0 Å². The van der Waals surface area contributed by atoms with Gasteiger partial charge in [-0.2, -0.15) is 5.10 Å². The van der Waals surface area contributed by atoms with Crippen LogP contribution in [0.1, 0.15) is 31.4 Å². The first-order valence-corrected chi connectivity index (χ1v) is 7.56. The number of carbonyl (C=O) groups excluding carboxylic acids is 1. The molecule has 116 valence electrons. The lowest BCUT2D eigenvalue weighted by Gasteiger charge is -2.17. The van der Waals surface area contributed by atoms with Crippen LogP contribution in [0.4, 0.5) is 5.82 Å². The second-order valence-electron chi connectivity index (χ2n) is 5.49. The highest BCUT2D eigenvalue weighted by Gasteiger charge is 2.16. The minimum Gasteiger partial charge on any atom is -0.357 e. The minimum absolute atomic E-state index is 0.0787. The van der Waals surface area contributed by atoms with Gasteiger partial charge in [0.1, 0.15) is 24.5 Å². The van der Waals surface area contributed by atoms with Crippen LogP contribution in [0.2, 0.25) is 0 Å². The van der Waals surface area contributed by atoms with Crippen LogP contribution in [-0.2, 0) is 11.3 Å². The molecular formula is C15H20N6O. The Bertz CT molecular complexity index is 621. The van der Waals surface area contributed by atoms with Crippen LogP contribution in [-0.4, -0.2) is 38.7 Å². The van der Waals surface area contributed by atoms with Gasteiger partial charge in [-0.05, 0) is 37.5 Å². The van der Waals surface area contributed by atoms with E-state index in [1.54, 1.807) is 19.4 Å². The summed E-state index contributed by atoms with van der Waals surface area (Å²) in [7, 11) is 0. The fourth-order valence-electron chi connectivity index (χ4n) is 2.56. The van der Waals surface area contributed by atoms with E-state index < -0.39 is 0 Å². The SMILES string of the molecule is C[C@@H](C(=O)NCc1ccnc(N2CCCC2)c1)n1cncn1. The largest absolute Gasteiger partial charge is 0.357 e. The molecule has 1 N–H and O–H groups in total. The van der Waals surface area contributed by atoms with Crippen molar-refractivity contribution in [3.8, 4) is 0 Å². The first kappa shape index (κ1) is 14.5. The number of aromatic nitrogens is 4. The normalized spacial score (nSPS) is 15.8. The molecular weight excluding hydrogens is 280 g/mol. The van der Waals surface area contributed by atoms with E-state index in [9.17, 15) is 4.79 Å². The zero-order chi connectivity index (χ0) is 15.4. The summed E-state index contributed by atoms with van der Waals surface area (Å²) < 4.78 is 1.54. The van der Waals surface area contributed by atoms with Crippen LogP contribution in [0.3, 0.4) is 0 Å². The molecule has 0 spiro atoms. The van der Waals surface area contributed by atoms with E-state index in [4.69, 9.17) is 0 Å². The molecule has 3 rings (SSSR count). The standard InChI is InChI=1S/C15H20N6O/c1-12(21-11-16-10-19-21)15(22)18-9-13-4-5-17-14(8-13)20-6-2-3-7-20/h4-5,8,10-12H,2-3,6-7,9H2,1H3,(H,18,22)/t12-/m0/s1. The Morgan fingerprint density at radius 1 is 1.41 bits per heavy atom. The molecule has 1 fully saturated rings. The van der Waals surface area contributed by atoms with Crippen molar-refractivity contribution in [1.82, 2.24) is 25.1 Å². The van der Waals surface area contributed by atoms with E-state index in [2.05, 4.69) is 25.3 Å². The molecule has 22 heavy (non-hydrogen) atoms. The fraction of sp³-hybridized carbons (Fsp3) is 0.467. The van der Waals surface area contributed by atoms with Crippen molar-refractivity contribution in [2.45, 2.75) is 32.4 Å². The first-order valence-electron chi connectivity index (χ1n) is 7.56. The van der Waals surface area contributed by atoms with Crippen molar-refractivity contribution in [1.29, 1.82) is 0 Å². The van der Waals surface area contributed by atoms with Crippen LogP contribution >= 0.6 is 0 Å². The minimum atomic E-state index is -0.373. The molecule has 0 bridgehead atoms. The van der Waals surface area contributed by atoms with Crippen LogP contribution in [0.5, 0.6) is 0 Å². The molecule has 0 radical (unpaired) electrons. The van der Waals surface area contributed by atoms with E-state index in [1.165, 1.54) is 23.9 Å². The molecule has 0 aromatic carbocycles. The van der Waals surface area contributed by atoms with Gasteiger partial charge in [-0.15, -0.1) is 0 Å². The molecule has 1 atom stereocenters. The summed E-state index contributed by atoms with van der Waals surface area (Å²) in [5.41, 5.74) is 1.05. The summed E-state index contributed by atoms with van der Waals surface area (Å²) in [6, 6.07) is 3.61. The van der Waals surface area contributed by atoms with Gasteiger partial charge >= 0.3 is 0 Å². The monoisotopic (exact) mass is 300 g/mol. The highest BCUT2D eigenvalue weighted by Crippen LogP contribution is 2.18. The number of pyridine rings is 1. The lowest BCUT2D eigenvalue weighted by Crippen LogP contribution is -2.31. The quantitative estimate of drug-likeness (QED) is 0.896. The Kier molecular flexibility index (Phi) is 4.32. The van der Waals surface area contributed by atoms with Gasteiger partial charge in [0.05, 0.1) is 0 Å². The molecule has 0 unspecified atom stereocenters. The zero-order valence-corrected chi connectivity index (χ0v) is 12.6. The summed E-state index contributed by atoms with van der Waals surface area (Å²) in [5, 5.41) is 6.92. The zero-order valence-electron chi connectivity index (χ0n) is 12.6. The topological polar surface area (TPSA) is 75.9 Å². The highest BCUT2D eigenvalue weighted by molar-refractivity contribution is 5.79. The summed E-state index contributed by atoms with van der Waals surface area (Å²) in [6.45, 7) is 4.41. The molecule has 1 amide bonds. The Morgan fingerprint density at radius 3 is 2.95 bits per heavy atom. The van der Waals surface area contributed by atoms with E-state index in [0.29, 0.717) is 6.54 Å². The van der Waals surface area contributed by atoms with Gasteiger partial charge in [0, 0.05) is 25.8 Å². The second kappa shape index (κ2) is 6.55. The maximum Gasteiger partial charge on any atom is 0.244 e. The average Bonchev–Trinajstić information content (AvgIpc) is 3.24. The molecule has 1 aliphatic rings. The Labute approximate surface area is 129 Å². The molecule has 1 saturated heterocycles. The average molecular weight is 300 g/mol. The highest BCUT2D eigenvalue weighted by atomic mass is 16.2. The molecule has 7 heteroatoms. The third kappa shape index (κ3) is 3.24. The van der Waals surface area contributed by atoms with Crippen molar-refractivity contribution < 1.29 is 4.79 Å². The summed E-state index contributed by atoms with van der Waals surface area (Å²) >= 11 is 0. The van der Waals surface area contributed by atoms with Crippen molar-refractivity contribution in [3.63, 3.8) is 0 Å². The number of anilines is 1. The van der Waals surface area contributed by atoms with Crippen LogP contribution < -0.4 is 10.2 Å². The predicted octanol–water partition coefficient (Wildman–Crippen LogP) is 1.15. The molecule has 3 heterocycles. The maximum absolute atomic E-state index is 12.1. The van der Waals surface area contributed by atoms with Crippen molar-refractivity contribution in [2.75, 3.05) is 18.0 Å². The Hall–Kier alpha value is -2.44. The van der Waals surface area contributed by atoms with Crippen LogP contribution in [0.25, 0.3) is 0 Å². The third-order valence-corrected chi connectivity index (χ3v) is 3.92.